The number of fused-ring (bicyclic) bond motifs is 1. The highest BCUT2D eigenvalue weighted by atomic mass is 16.5. The lowest BCUT2D eigenvalue weighted by atomic mass is 10.0. The van der Waals surface area contributed by atoms with Crippen LogP contribution >= 0.6 is 0 Å². The van der Waals surface area contributed by atoms with Gasteiger partial charge in [0.05, 0.1) is 19.3 Å². The first kappa shape index (κ1) is 17.4. The number of ether oxygens (including phenoxy) is 2. The van der Waals surface area contributed by atoms with E-state index in [0.717, 1.165) is 5.56 Å². The number of hydrogen-bond acceptors (Lipinski definition) is 3. The Hall–Kier alpha value is -1.91. The van der Waals surface area contributed by atoms with Crippen molar-refractivity contribution in [2.24, 2.45) is 0 Å². The number of rotatable bonds is 8. The monoisotopic (exact) mass is 315 g/mol. The summed E-state index contributed by atoms with van der Waals surface area (Å²) < 4.78 is 10.7. The van der Waals surface area contributed by atoms with Gasteiger partial charge in [0.15, 0.2) is 0 Å². The third-order valence-electron chi connectivity index (χ3n) is 3.80. The van der Waals surface area contributed by atoms with Crippen LogP contribution in [0.5, 0.6) is 0 Å². The molecular weight excluding hydrogens is 290 g/mol. The summed E-state index contributed by atoms with van der Waals surface area (Å²) in [5.74, 6) is -0.109. The predicted molar refractivity (Wildman–Crippen MR) is 92.4 cm³/mol. The molecule has 124 valence electrons. The van der Waals surface area contributed by atoms with Gasteiger partial charge in [0.25, 0.3) is 0 Å². The number of benzene rings is 2. The second-order valence-corrected chi connectivity index (χ2v) is 5.55. The fraction of sp³-hybridized carbons (Fsp3) is 0.421. The maximum atomic E-state index is 12.2. The molecule has 0 radical (unpaired) electrons. The molecule has 4 heteroatoms. The summed E-state index contributed by atoms with van der Waals surface area (Å²) in [5.41, 5.74) is 1.08. The molecule has 0 aliphatic carbocycles. The molecule has 0 bridgehead atoms. The second kappa shape index (κ2) is 8.65. The van der Waals surface area contributed by atoms with Crippen molar-refractivity contribution >= 4 is 16.7 Å². The molecule has 0 aromatic heterocycles. The van der Waals surface area contributed by atoms with E-state index in [2.05, 4.69) is 29.6 Å². The summed E-state index contributed by atoms with van der Waals surface area (Å²) >= 11 is 0. The van der Waals surface area contributed by atoms with Crippen molar-refractivity contribution in [2.45, 2.75) is 32.9 Å². The van der Waals surface area contributed by atoms with Crippen molar-refractivity contribution in [1.82, 2.24) is 5.32 Å². The fourth-order valence-electron chi connectivity index (χ4n) is 2.40. The van der Waals surface area contributed by atoms with Gasteiger partial charge in [-0.1, -0.05) is 36.4 Å². The minimum atomic E-state index is -0.488. The SMILES string of the molecule is CCOCCO[C@H](C)C(=O)N[C@H](C)c1ccc2ccccc2c1. The van der Waals surface area contributed by atoms with Crippen LogP contribution in [0.25, 0.3) is 10.8 Å². The van der Waals surface area contributed by atoms with Gasteiger partial charge >= 0.3 is 0 Å². The Balaban J connectivity index is 1.91. The molecular formula is C19H25NO3. The Labute approximate surface area is 137 Å². The third-order valence-corrected chi connectivity index (χ3v) is 3.80. The Bertz CT molecular complexity index is 641. The first-order valence-corrected chi connectivity index (χ1v) is 8.10. The smallest absolute Gasteiger partial charge is 0.249 e. The summed E-state index contributed by atoms with van der Waals surface area (Å²) in [6.45, 7) is 7.26. The van der Waals surface area contributed by atoms with Crippen molar-refractivity contribution in [1.29, 1.82) is 0 Å². The van der Waals surface area contributed by atoms with E-state index in [9.17, 15) is 4.79 Å². The van der Waals surface area contributed by atoms with Gasteiger partial charge in [-0.05, 0) is 43.2 Å². The first-order valence-electron chi connectivity index (χ1n) is 8.10. The molecule has 0 spiro atoms. The maximum Gasteiger partial charge on any atom is 0.249 e. The molecule has 1 amide bonds. The third kappa shape index (κ3) is 5.05. The molecule has 4 nitrogen and oxygen atoms in total. The van der Waals surface area contributed by atoms with Gasteiger partial charge in [-0.25, -0.2) is 0 Å². The van der Waals surface area contributed by atoms with Crippen molar-refractivity contribution in [3.05, 3.63) is 48.0 Å². The van der Waals surface area contributed by atoms with Crippen LogP contribution in [-0.4, -0.2) is 31.8 Å². The van der Waals surface area contributed by atoms with E-state index in [0.29, 0.717) is 19.8 Å². The molecule has 2 rings (SSSR count). The lowest BCUT2D eigenvalue weighted by Gasteiger charge is -2.18. The summed E-state index contributed by atoms with van der Waals surface area (Å²) in [4.78, 5) is 12.2. The highest BCUT2D eigenvalue weighted by molar-refractivity contribution is 5.84. The van der Waals surface area contributed by atoms with E-state index >= 15 is 0 Å². The summed E-state index contributed by atoms with van der Waals surface area (Å²) in [6.07, 6.45) is -0.488. The molecule has 1 N–H and O–H groups in total. The second-order valence-electron chi connectivity index (χ2n) is 5.55. The average molecular weight is 315 g/mol. The van der Waals surface area contributed by atoms with Gasteiger partial charge in [0.1, 0.15) is 6.10 Å². The zero-order valence-corrected chi connectivity index (χ0v) is 14.0. The zero-order valence-electron chi connectivity index (χ0n) is 14.0. The number of hydrogen-bond donors (Lipinski definition) is 1. The van der Waals surface area contributed by atoms with Crippen LogP contribution in [0.2, 0.25) is 0 Å². The van der Waals surface area contributed by atoms with Crippen molar-refractivity contribution in [3.63, 3.8) is 0 Å². The summed E-state index contributed by atoms with van der Waals surface area (Å²) in [7, 11) is 0. The van der Waals surface area contributed by atoms with Gasteiger partial charge in [0, 0.05) is 6.61 Å². The van der Waals surface area contributed by atoms with Crippen LogP contribution in [0.1, 0.15) is 32.4 Å². The lowest BCUT2D eigenvalue weighted by molar-refractivity contribution is -0.133. The van der Waals surface area contributed by atoms with Gasteiger partial charge in [-0.15, -0.1) is 0 Å². The Morgan fingerprint density at radius 1 is 1.09 bits per heavy atom. The van der Waals surface area contributed by atoms with Gasteiger partial charge in [-0.2, -0.15) is 0 Å². The molecule has 0 saturated heterocycles. The summed E-state index contributed by atoms with van der Waals surface area (Å²) in [6, 6.07) is 14.4. The van der Waals surface area contributed by atoms with E-state index in [4.69, 9.17) is 9.47 Å². The van der Waals surface area contributed by atoms with E-state index in [-0.39, 0.29) is 11.9 Å². The van der Waals surface area contributed by atoms with E-state index in [1.807, 2.05) is 32.0 Å². The number of amides is 1. The number of carbonyl (C=O) groups is 1. The molecule has 0 aliphatic heterocycles. The number of nitrogens with one attached hydrogen (secondary N) is 1. The van der Waals surface area contributed by atoms with Crippen LogP contribution in [0.15, 0.2) is 42.5 Å². The van der Waals surface area contributed by atoms with Crippen LogP contribution in [0.4, 0.5) is 0 Å². The van der Waals surface area contributed by atoms with Crippen LogP contribution < -0.4 is 5.32 Å². The average Bonchev–Trinajstić information content (AvgIpc) is 2.58. The lowest BCUT2D eigenvalue weighted by Crippen LogP contribution is -2.36. The molecule has 2 atom stereocenters. The number of carbonyl (C=O) groups excluding carboxylic acids is 1. The largest absolute Gasteiger partial charge is 0.379 e. The molecule has 0 unspecified atom stereocenters. The molecule has 2 aromatic rings. The van der Waals surface area contributed by atoms with E-state index in [1.165, 1.54) is 10.8 Å². The van der Waals surface area contributed by atoms with Crippen molar-refractivity contribution in [3.8, 4) is 0 Å². The van der Waals surface area contributed by atoms with Gasteiger partial charge < -0.3 is 14.8 Å². The maximum absolute atomic E-state index is 12.2. The highest BCUT2D eigenvalue weighted by Gasteiger charge is 2.16. The molecule has 2 aromatic carbocycles. The van der Waals surface area contributed by atoms with Crippen molar-refractivity contribution < 1.29 is 14.3 Å². The fourth-order valence-corrected chi connectivity index (χ4v) is 2.40. The minimum absolute atomic E-state index is 0.0648. The van der Waals surface area contributed by atoms with E-state index < -0.39 is 6.10 Å². The molecule has 23 heavy (non-hydrogen) atoms. The van der Waals surface area contributed by atoms with Crippen molar-refractivity contribution in [2.75, 3.05) is 19.8 Å². The topological polar surface area (TPSA) is 47.6 Å². The van der Waals surface area contributed by atoms with Crippen LogP contribution in [0.3, 0.4) is 0 Å². The normalized spacial score (nSPS) is 13.7. The van der Waals surface area contributed by atoms with Crippen LogP contribution in [-0.2, 0) is 14.3 Å². The standard InChI is InChI=1S/C19H25NO3/c1-4-22-11-12-23-15(3)19(21)20-14(2)17-10-9-16-7-5-6-8-18(16)13-17/h5-10,13-15H,4,11-12H2,1-3H3,(H,20,21)/t14-,15-/m1/s1. The van der Waals surface area contributed by atoms with Crippen LogP contribution in [0, 0.1) is 0 Å². The minimum Gasteiger partial charge on any atom is -0.379 e. The summed E-state index contributed by atoms with van der Waals surface area (Å²) in [5, 5.41) is 5.37. The molecule has 0 heterocycles. The molecule has 0 aliphatic rings. The molecule has 0 saturated carbocycles. The quantitative estimate of drug-likeness (QED) is 0.759. The Morgan fingerprint density at radius 2 is 1.83 bits per heavy atom. The van der Waals surface area contributed by atoms with Gasteiger partial charge in [-0.3, -0.25) is 4.79 Å². The highest BCUT2D eigenvalue weighted by Crippen LogP contribution is 2.20. The Kier molecular flexibility index (Phi) is 6.56. The molecule has 0 fully saturated rings. The van der Waals surface area contributed by atoms with Gasteiger partial charge in [0.2, 0.25) is 5.91 Å². The van der Waals surface area contributed by atoms with E-state index in [1.54, 1.807) is 6.92 Å². The Morgan fingerprint density at radius 3 is 2.57 bits per heavy atom. The zero-order chi connectivity index (χ0) is 16.7. The predicted octanol–water partition coefficient (Wildman–Crippen LogP) is 3.46. The first-order chi connectivity index (χ1) is 11.1.